The van der Waals surface area contributed by atoms with E-state index < -0.39 is 0 Å². The second kappa shape index (κ2) is 7.27. The number of para-hydroxylation sites is 1. The van der Waals surface area contributed by atoms with Gasteiger partial charge in [0.2, 0.25) is 0 Å². The summed E-state index contributed by atoms with van der Waals surface area (Å²) in [6, 6.07) is 10.8. The third-order valence-corrected chi connectivity index (χ3v) is 4.46. The molecule has 0 aliphatic rings. The van der Waals surface area contributed by atoms with Crippen LogP contribution >= 0.6 is 35.0 Å². The van der Waals surface area contributed by atoms with Crippen molar-refractivity contribution < 1.29 is 4.79 Å². The highest BCUT2D eigenvalue weighted by molar-refractivity contribution is 7.98. The molecule has 0 heterocycles. The molecule has 2 aromatic carbocycles. The fourth-order valence-electron chi connectivity index (χ4n) is 2.07. The van der Waals surface area contributed by atoms with Crippen molar-refractivity contribution in [3.05, 3.63) is 52.0 Å². The van der Waals surface area contributed by atoms with Crippen molar-refractivity contribution >= 4 is 52.2 Å². The number of thioether (sulfide) groups is 1. The van der Waals surface area contributed by atoms with Crippen molar-refractivity contribution in [2.75, 3.05) is 30.6 Å². The molecular formula is C16H16Cl2N2OS. The molecule has 3 nitrogen and oxygen atoms in total. The molecule has 0 aliphatic heterocycles. The normalized spacial score (nSPS) is 10.4. The van der Waals surface area contributed by atoms with Crippen LogP contribution in [0.2, 0.25) is 10.0 Å². The number of benzene rings is 2. The molecule has 0 radical (unpaired) electrons. The van der Waals surface area contributed by atoms with Crippen molar-refractivity contribution in [1.29, 1.82) is 0 Å². The van der Waals surface area contributed by atoms with Gasteiger partial charge in [0.25, 0.3) is 5.91 Å². The Morgan fingerprint density at radius 2 is 1.86 bits per heavy atom. The molecule has 0 spiro atoms. The Balaban J connectivity index is 2.36. The standard InChI is InChI=1S/C16H16Cl2N2OS/c1-20(2)15-13(18)5-4-6-14(15)19-16(21)11-9-10(22-3)7-8-12(11)17/h4-9H,1-3H3,(H,19,21). The van der Waals surface area contributed by atoms with Crippen LogP contribution in [0.1, 0.15) is 10.4 Å². The van der Waals surface area contributed by atoms with E-state index in [0.717, 1.165) is 10.6 Å². The number of carbonyl (C=O) groups excluding carboxylic acids is 1. The minimum absolute atomic E-state index is 0.258. The second-order valence-electron chi connectivity index (χ2n) is 4.83. The molecule has 0 atom stereocenters. The molecule has 0 fully saturated rings. The van der Waals surface area contributed by atoms with Gasteiger partial charge >= 0.3 is 0 Å². The summed E-state index contributed by atoms with van der Waals surface area (Å²) in [7, 11) is 3.75. The van der Waals surface area contributed by atoms with Crippen LogP contribution in [0, 0.1) is 0 Å². The highest BCUT2D eigenvalue weighted by atomic mass is 35.5. The fraction of sp³-hybridized carbons (Fsp3) is 0.188. The molecule has 0 unspecified atom stereocenters. The van der Waals surface area contributed by atoms with E-state index in [1.807, 2.05) is 37.4 Å². The number of nitrogens with one attached hydrogen (secondary N) is 1. The third kappa shape index (κ3) is 3.69. The summed E-state index contributed by atoms with van der Waals surface area (Å²) in [5, 5.41) is 3.88. The number of rotatable bonds is 4. The molecule has 2 rings (SSSR count). The third-order valence-electron chi connectivity index (χ3n) is 3.10. The molecule has 2 aromatic rings. The molecular weight excluding hydrogens is 339 g/mol. The zero-order chi connectivity index (χ0) is 16.3. The monoisotopic (exact) mass is 354 g/mol. The molecule has 1 N–H and O–H groups in total. The Labute approximate surface area is 144 Å². The molecule has 1 amide bonds. The summed E-state index contributed by atoms with van der Waals surface area (Å²) in [4.78, 5) is 15.4. The van der Waals surface area contributed by atoms with E-state index in [9.17, 15) is 4.79 Å². The first-order valence-electron chi connectivity index (χ1n) is 6.54. The Kier molecular flexibility index (Phi) is 5.62. The van der Waals surface area contributed by atoms with E-state index >= 15 is 0 Å². The number of anilines is 2. The first-order valence-corrected chi connectivity index (χ1v) is 8.53. The van der Waals surface area contributed by atoms with Crippen LogP contribution in [0.25, 0.3) is 0 Å². The van der Waals surface area contributed by atoms with E-state index in [1.54, 1.807) is 36.0 Å². The van der Waals surface area contributed by atoms with Gasteiger partial charge in [-0.3, -0.25) is 4.79 Å². The van der Waals surface area contributed by atoms with Crippen molar-refractivity contribution in [1.82, 2.24) is 0 Å². The predicted octanol–water partition coefficient (Wildman–Crippen LogP) is 5.03. The van der Waals surface area contributed by atoms with E-state index in [1.165, 1.54) is 0 Å². The average molecular weight is 355 g/mol. The number of hydrogen-bond donors (Lipinski definition) is 1. The Morgan fingerprint density at radius 1 is 1.14 bits per heavy atom. The number of carbonyl (C=O) groups is 1. The van der Waals surface area contributed by atoms with Gasteiger partial charge in [-0.15, -0.1) is 11.8 Å². The number of amides is 1. The highest BCUT2D eigenvalue weighted by Gasteiger charge is 2.15. The Hall–Kier alpha value is -1.36. The average Bonchev–Trinajstić information content (AvgIpc) is 2.47. The van der Waals surface area contributed by atoms with Gasteiger partial charge in [0.05, 0.1) is 27.0 Å². The molecule has 116 valence electrons. The number of halogens is 2. The van der Waals surface area contributed by atoms with E-state index in [0.29, 0.717) is 21.3 Å². The number of hydrogen-bond acceptors (Lipinski definition) is 3. The van der Waals surface area contributed by atoms with E-state index in [4.69, 9.17) is 23.2 Å². The molecule has 0 aromatic heterocycles. The van der Waals surface area contributed by atoms with Crippen LogP contribution in [-0.2, 0) is 0 Å². The summed E-state index contributed by atoms with van der Waals surface area (Å²) in [6.07, 6.45) is 1.95. The number of nitrogens with zero attached hydrogens (tertiary/aromatic N) is 1. The largest absolute Gasteiger partial charge is 0.375 e. The van der Waals surface area contributed by atoms with E-state index in [-0.39, 0.29) is 5.91 Å². The maximum absolute atomic E-state index is 12.5. The first-order chi connectivity index (χ1) is 10.4. The van der Waals surface area contributed by atoms with Crippen molar-refractivity contribution in [3.8, 4) is 0 Å². The molecule has 6 heteroatoms. The van der Waals surface area contributed by atoms with Gasteiger partial charge in [-0.2, -0.15) is 0 Å². The lowest BCUT2D eigenvalue weighted by atomic mass is 10.2. The molecule has 0 bridgehead atoms. The first kappa shape index (κ1) is 17.0. The van der Waals surface area contributed by atoms with Gasteiger partial charge in [-0.1, -0.05) is 29.3 Å². The lowest BCUT2D eigenvalue weighted by molar-refractivity contribution is 0.102. The zero-order valence-corrected chi connectivity index (χ0v) is 14.8. The predicted molar refractivity (Wildman–Crippen MR) is 97.0 cm³/mol. The van der Waals surface area contributed by atoms with Crippen LogP contribution < -0.4 is 10.2 Å². The summed E-state index contributed by atoms with van der Waals surface area (Å²) < 4.78 is 0. The van der Waals surface area contributed by atoms with Gasteiger partial charge < -0.3 is 10.2 Å². The van der Waals surface area contributed by atoms with Crippen LogP contribution in [0.5, 0.6) is 0 Å². The maximum Gasteiger partial charge on any atom is 0.257 e. The lowest BCUT2D eigenvalue weighted by Crippen LogP contribution is -2.17. The van der Waals surface area contributed by atoms with Crippen LogP contribution in [0.4, 0.5) is 11.4 Å². The quantitative estimate of drug-likeness (QED) is 0.781. The zero-order valence-electron chi connectivity index (χ0n) is 12.5. The summed E-state index contributed by atoms with van der Waals surface area (Å²) >= 11 is 13.9. The van der Waals surface area contributed by atoms with Crippen LogP contribution in [0.3, 0.4) is 0 Å². The van der Waals surface area contributed by atoms with Crippen molar-refractivity contribution in [2.45, 2.75) is 4.90 Å². The summed E-state index contributed by atoms with van der Waals surface area (Å²) in [6.45, 7) is 0. The van der Waals surface area contributed by atoms with Gasteiger partial charge in [0, 0.05) is 19.0 Å². The van der Waals surface area contributed by atoms with Gasteiger partial charge in [-0.05, 0) is 36.6 Å². The summed E-state index contributed by atoms with van der Waals surface area (Å²) in [5.41, 5.74) is 1.85. The van der Waals surface area contributed by atoms with Crippen LogP contribution in [0.15, 0.2) is 41.3 Å². The lowest BCUT2D eigenvalue weighted by Gasteiger charge is -2.19. The summed E-state index contributed by atoms with van der Waals surface area (Å²) in [5.74, 6) is -0.258. The van der Waals surface area contributed by atoms with Gasteiger partial charge in [0.1, 0.15) is 0 Å². The smallest absolute Gasteiger partial charge is 0.257 e. The maximum atomic E-state index is 12.5. The highest BCUT2D eigenvalue weighted by Crippen LogP contribution is 2.33. The Morgan fingerprint density at radius 3 is 2.50 bits per heavy atom. The van der Waals surface area contributed by atoms with Crippen LogP contribution in [-0.4, -0.2) is 26.3 Å². The second-order valence-corrected chi connectivity index (χ2v) is 6.52. The van der Waals surface area contributed by atoms with E-state index in [2.05, 4.69) is 5.32 Å². The minimum Gasteiger partial charge on any atom is -0.375 e. The molecule has 22 heavy (non-hydrogen) atoms. The van der Waals surface area contributed by atoms with Crippen molar-refractivity contribution in [2.24, 2.45) is 0 Å². The Bertz CT molecular complexity index is 705. The van der Waals surface area contributed by atoms with Gasteiger partial charge in [-0.25, -0.2) is 0 Å². The molecule has 0 saturated carbocycles. The van der Waals surface area contributed by atoms with Crippen molar-refractivity contribution in [3.63, 3.8) is 0 Å². The van der Waals surface area contributed by atoms with Gasteiger partial charge in [0.15, 0.2) is 0 Å². The topological polar surface area (TPSA) is 32.3 Å². The molecule has 0 saturated heterocycles. The SMILES string of the molecule is CSc1ccc(Cl)c(C(=O)Nc2cccc(Cl)c2N(C)C)c1. The fourth-order valence-corrected chi connectivity index (χ4v) is 3.05. The minimum atomic E-state index is -0.258. The molecule has 0 aliphatic carbocycles.